The van der Waals surface area contributed by atoms with Crippen LogP contribution in [0.5, 0.6) is 0 Å². The number of carbonyl (C=O) groups is 5. The van der Waals surface area contributed by atoms with Gasteiger partial charge in [0.2, 0.25) is 0 Å². The summed E-state index contributed by atoms with van der Waals surface area (Å²) in [6, 6.07) is 48.7. The first kappa shape index (κ1) is 98.0. The second kappa shape index (κ2) is 40.8. The lowest BCUT2D eigenvalue weighted by atomic mass is 10.0. The number of fused-ring (bicyclic) bond motifs is 10. The van der Waals surface area contributed by atoms with E-state index in [2.05, 4.69) is 65.0 Å². The molecule has 0 spiro atoms. The number of piperazine rings is 1. The number of amides is 5. The highest BCUT2D eigenvalue weighted by molar-refractivity contribution is 7.90. The van der Waals surface area contributed by atoms with Crippen LogP contribution in [0.3, 0.4) is 0 Å². The van der Waals surface area contributed by atoms with E-state index < -0.39 is 31.9 Å². The number of rotatable bonds is 17. The molecule has 5 amide bonds. The second-order valence-corrected chi connectivity index (χ2v) is 42.5. The van der Waals surface area contributed by atoms with Crippen molar-refractivity contribution in [2.75, 3.05) is 122 Å². The van der Waals surface area contributed by atoms with Crippen LogP contribution in [0.1, 0.15) is 108 Å². The number of aliphatic hydroxyl groups is 2. The maximum Gasteiger partial charge on any atom is 0.272 e. The zero-order valence-corrected chi connectivity index (χ0v) is 84.0. The largest absolute Gasteiger partial charge is 0.441 e. The number of nitrogens with one attached hydrogen (secondary N) is 1. The minimum Gasteiger partial charge on any atom is -0.441 e. The van der Waals surface area contributed by atoms with Crippen LogP contribution >= 0.6 is 0 Å². The Hall–Kier alpha value is -16.1. The van der Waals surface area contributed by atoms with Gasteiger partial charge in [0.1, 0.15) is 104 Å². The summed E-state index contributed by atoms with van der Waals surface area (Å²) in [5.41, 5.74) is 23.6. The van der Waals surface area contributed by atoms with Crippen molar-refractivity contribution in [3.8, 4) is 55.6 Å². The van der Waals surface area contributed by atoms with Gasteiger partial charge in [-0.3, -0.25) is 50.9 Å². The Kier molecular flexibility index (Phi) is 27.0. The molecule has 15 aromatic heterocycles. The summed E-state index contributed by atoms with van der Waals surface area (Å²) in [6.45, 7) is 19.5. The van der Waals surface area contributed by atoms with Crippen molar-refractivity contribution in [2.24, 2.45) is 0 Å². The molecule has 20 heterocycles. The van der Waals surface area contributed by atoms with Gasteiger partial charge in [0.15, 0.2) is 57.4 Å². The molecule has 2 atom stereocenters. The number of hydrogen-bond donors (Lipinski definition) is 3. The number of benzene rings is 5. The number of imidazole rings is 5. The SMILES string of the molecule is Cc1nc2cc(-c3ccc4ncc(C(=O)N5CC(O)C5)n4c3)ccc2o1.Cc1nc2cc(-c3ccc4ncc(C(=O)N5CCC(O)C5)n4c3)ccc2o1.Cc1nc2cc(-c3ccc4ncc(C(=O)N5CCN(CCS(C)(=O)=O)CC5)n4c3)ccc2o1.Cc1nc2cc(-c3ccc4ncc(C(=O)N5CCOC(C)C5)n4c3)ccc2o1.Cc1nc2cc(-c3ccc4ncc(C(=O)NC5CCN(CCS(C)(=O)=O)CC5)n4c3)ccc2o1. The number of aryl methyl sites for hydroxylation is 5. The van der Waals surface area contributed by atoms with Crippen LogP contribution in [0.25, 0.3) is 139 Å². The third-order valence-electron chi connectivity index (χ3n) is 27.0. The molecule has 25 rings (SSSR count). The highest BCUT2D eigenvalue weighted by atomic mass is 32.2. The normalized spacial score (nSPS) is 16.2. The number of likely N-dealkylation sites (tertiary alicyclic amines) is 3. The quantitative estimate of drug-likeness (QED) is 0.0762. The Labute approximate surface area is 846 Å². The van der Waals surface area contributed by atoms with Crippen LogP contribution in [0.15, 0.2) is 236 Å². The van der Waals surface area contributed by atoms with Crippen LogP contribution in [-0.4, -0.2) is 304 Å². The van der Waals surface area contributed by atoms with Crippen LogP contribution in [0.2, 0.25) is 0 Å². The van der Waals surface area contributed by atoms with E-state index in [9.17, 15) is 51.0 Å². The first-order valence-corrected chi connectivity index (χ1v) is 52.9. The Morgan fingerprint density at radius 1 is 0.338 bits per heavy atom. The number of piperidine rings is 1. The highest BCUT2D eigenvalue weighted by Crippen LogP contribution is 2.35. The third-order valence-corrected chi connectivity index (χ3v) is 28.9. The van der Waals surface area contributed by atoms with E-state index in [1.165, 1.54) is 12.5 Å². The van der Waals surface area contributed by atoms with Crippen molar-refractivity contribution < 1.29 is 77.8 Å². The standard InChI is InChI=1S/C24H27N5O4S.C23H25N5O4S.C21H20N4O3.C20H18N4O3.C19H16N4O3/c1-16-26-20-13-17(3-5-22(20)33-16)18-4-6-23-25-14-21(29(23)15-18)24(30)27-19-7-9-28(10-8-19)11-12-34(2,31)32;1-16-25-19-13-17(3-5-21(19)32-16)18-4-6-22-24-14-20(28(22)15-18)23(29)27-9-7-26(8-10-27)11-12-33(2,30)31;1-13-11-24(7-8-27-13)21(26)18-10-22-20-6-4-16(12-25(18)20)15-3-5-19-17(9-15)23-14(2)28-19;1-12-22-16-8-13(2-4-18(16)27-12)14-3-5-19-21-9-17(24(19)10-14)20(26)23-7-6-15(25)11-23;1-11-21-15-6-12(2-4-17(15)26-11)13-3-5-18-20-7-16(23(18)8-13)19(25)22-9-14(24)10-22/h3-6,13-15,19H,7-12H2,1-2H3,(H,27,30);3-6,13-15H,7-12H2,1-2H3;3-6,9-10,12-13H,7-8,11H2,1-2H3;2-5,8-10,15,25H,6-7,11H2,1H3;2-8,14,24H,9-10H2,1H3. The fraction of sp³-hybridized carbons (Fsp3) is 0.299. The van der Waals surface area contributed by atoms with Gasteiger partial charge in [0, 0.05) is 176 Å². The van der Waals surface area contributed by atoms with Crippen LogP contribution in [-0.2, 0) is 24.4 Å². The lowest BCUT2D eigenvalue weighted by molar-refractivity contribution is -0.0126. The molecule has 5 aliphatic rings. The summed E-state index contributed by atoms with van der Waals surface area (Å²) in [5.74, 6) is 2.95. The zero-order valence-electron chi connectivity index (χ0n) is 82.4. The number of aromatic nitrogens is 15. The smallest absolute Gasteiger partial charge is 0.272 e. The maximum atomic E-state index is 13.3. The summed E-state index contributed by atoms with van der Waals surface area (Å²) in [5, 5.41) is 22.3. The molecule has 0 aliphatic carbocycles. The molecule has 148 heavy (non-hydrogen) atoms. The van der Waals surface area contributed by atoms with E-state index in [0.29, 0.717) is 172 Å². The lowest BCUT2D eigenvalue weighted by Crippen LogP contribution is -2.53. The summed E-state index contributed by atoms with van der Waals surface area (Å²) in [4.78, 5) is 120. The van der Waals surface area contributed by atoms with Gasteiger partial charge in [0.05, 0.1) is 67.4 Å². The van der Waals surface area contributed by atoms with Crippen molar-refractivity contribution in [3.63, 3.8) is 0 Å². The van der Waals surface area contributed by atoms with Crippen molar-refractivity contribution >= 4 is 133 Å². The molecule has 41 heteroatoms. The van der Waals surface area contributed by atoms with E-state index in [1.807, 2.05) is 242 Å². The van der Waals surface area contributed by atoms with Gasteiger partial charge >= 0.3 is 0 Å². The second-order valence-electron chi connectivity index (χ2n) is 38.0. The summed E-state index contributed by atoms with van der Waals surface area (Å²) >= 11 is 0. The maximum absolute atomic E-state index is 13.3. The number of pyridine rings is 5. The van der Waals surface area contributed by atoms with E-state index >= 15 is 0 Å². The van der Waals surface area contributed by atoms with E-state index in [1.54, 1.807) is 54.5 Å². The number of nitrogens with zero attached hydrogens (tertiary/aromatic N) is 21. The number of aliphatic hydroxyl groups excluding tert-OH is 2. The van der Waals surface area contributed by atoms with Crippen molar-refractivity contribution in [2.45, 2.75) is 85.2 Å². The van der Waals surface area contributed by atoms with Gasteiger partial charge in [0.25, 0.3) is 29.5 Å². The first-order valence-electron chi connectivity index (χ1n) is 48.8. The number of oxazole rings is 5. The Balaban J connectivity index is 0.000000109. The average Bonchev–Trinajstić information content (AvgIpc) is 1.62. The van der Waals surface area contributed by atoms with Crippen LogP contribution in [0, 0.1) is 34.6 Å². The predicted molar refractivity (Wildman–Crippen MR) is 553 cm³/mol. The number of sulfone groups is 2. The van der Waals surface area contributed by atoms with Gasteiger partial charge in [-0.1, -0.05) is 30.3 Å². The summed E-state index contributed by atoms with van der Waals surface area (Å²) in [7, 11) is -5.96. The number of β-amino-alcohol motifs (C(OH)–C–C–N with tert-alkyl or cyclic N) is 2. The lowest BCUT2D eigenvalue weighted by Gasteiger charge is -2.35. The molecule has 0 radical (unpaired) electrons. The molecule has 2 unspecified atom stereocenters. The predicted octanol–water partition coefficient (Wildman–Crippen LogP) is 13.2. The van der Waals surface area contributed by atoms with Crippen LogP contribution < -0.4 is 5.32 Å². The zero-order chi connectivity index (χ0) is 103. The molecule has 0 bridgehead atoms. The molecule has 3 N–H and O–H groups in total. The molecular weight excluding hydrogens is 1930 g/mol. The number of ether oxygens (including phenoxy) is 1. The summed E-state index contributed by atoms with van der Waals surface area (Å²) in [6.07, 6.45) is 21.5. The van der Waals surface area contributed by atoms with Crippen molar-refractivity contribution in [1.29, 1.82) is 0 Å². The molecule has 758 valence electrons. The Morgan fingerprint density at radius 2 is 0.628 bits per heavy atom. The molecule has 5 saturated heterocycles. The van der Waals surface area contributed by atoms with Crippen molar-refractivity contribution in [3.05, 3.63) is 272 Å². The Bertz CT molecular complexity index is 8770. The van der Waals surface area contributed by atoms with Gasteiger partial charge in [-0.05, 0) is 203 Å². The molecule has 5 aliphatic heterocycles. The highest BCUT2D eigenvalue weighted by Gasteiger charge is 2.34. The average molecular weight is 2040 g/mol. The fourth-order valence-electron chi connectivity index (χ4n) is 19.2. The fourth-order valence-corrected chi connectivity index (χ4v) is 20.4. The number of morpholine rings is 1. The Morgan fingerprint density at radius 3 is 0.939 bits per heavy atom. The van der Waals surface area contributed by atoms with Crippen LogP contribution in [0.4, 0.5) is 0 Å². The molecule has 5 fully saturated rings. The first-order chi connectivity index (χ1) is 71.3. The van der Waals surface area contributed by atoms with E-state index in [4.69, 9.17) is 26.8 Å². The van der Waals surface area contributed by atoms with Gasteiger partial charge in [-0.15, -0.1) is 0 Å². The number of carbonyl (C=O) groups excluding carboxylic acids is 5. The van der Waals surface area contributed by atoms with Crippen molar-refractivity contribution in [1.82, 2.24) is 107 Å². The minimum absolute atomic E-state index is 0.0256. The minimum atomic E-state index is -2.99. The third kappa shape index (κ3) is 21.4. The molecule has 5 aromatic carbocycles. The van der Waals surface area contributed by atoms with Gasteiger partial charge in [-0.2, -0.15) is 0 Å². The molecule has 39 nitrogen and oxygen atoms in total. The van der Waals surface area contributed by atoms with Gasteiger partial charge in [-0.25, -0.2) is 66.7 Å². The monoisotopic (exact) mass is 2030 g/mol. The van der Waals surface area contributed by atoms with E-state index in [0.717, 1.165) is 143 Å². The van der Waals surface area contributed by atoms with Gasteiger partial charge < -0.3 is 66.9 Å². The van der Waals surface area contributed by atoms with E-state index in [-0.39, 0.29) is 53.2 Å². The molecule has 20 aromatic rings. The number of hydrogen-bond acceptors (Lipinski definition) is 29. The topological polar surface area (TPSA) is 451 Å². The summed E-state index contributed by atoms with van der Waals surface area (Å²) < 4.78 is 88.0. The molecular formula is C107H106N22O17S2. The molecule has 0 saturated carbocycles.